The topological polar surface area (TPSA) is 83.1 Å². The van der Waals surface area contributed by atoms with E-state index in [0.717, 1.165) is 26.7 Å². The summed E-state index contributed by atoms with van der Waals surface area (Å²) in [5, 5.41) is 3.15. The number of nitrogens with one attached hydrogen (secondary N) is 1. The number of halogens is 1. The van der Waals surface area contributed by atoms with Gasteiger partial charge in [-0.25, -0.2) is 0 Å². The Bertz CT molecular complexity index is 1340. The van der Waals surface area contributed by atoms with E-state index in [1.165, 1.54) is 7.11 Å². The summed E-state index contributed by atoms with van der Waals surface area (Å²) in [6.07, 6.45) is 1.19. The van der Waals surface area contributed by atoms with E-state index in [1.54, 1.807) is 33.5 Å². The fraction of sp³-hybridized carbons (Fsp3) is 0.286. The third-order valence-corrected chi connectivity index (χ3v) is 7.28. The molecular weight excluding hydrogens is 573 g/mol. The molecule has 36 heavy (non-hydrogen) atoms. The Labute approximate surface area is 223 Å². The summed E-state index contributed by atoms with van der Waals surface area (Å²) in [7, 11) is 6.17. The number of amides is 1. The number of aryl methyl sites for hydroxylation is 1. The number of carbonyl (C=O) groups excluding carboxylic acids is 1. The molecule has 3 aromatic rings. The molecule has 1 aliphatic rings. The summed E-state index contributed by atoms with van der Waals surface area (Å²) in [6, 6.07) is 14.1. The molecular formula is C28H28INO6. The molecule has 0 unspecified atom stereocenters. The molecule has 1 aliphatic carbocycles. The van der Waals surface area contributed by atoms with E-state index < -0.39 is 6.04 Å². The monoisotopic (exact) mass is 601 g/mol. The van der Waals surface area contributed by atoms with Gasteiger partial charge in [0.1, 0.15) is 0 Å². The minimum atomic E-state index is -0.421. The molecule has 188 valence electrons. The van der Waals surface area contributed by atoms with Crippen LogP contribution in [0, 0.1) is 0 Å². The quantitative estimate of drug-likeness (QED) is 0.300. The van der Waals surface area contributed by atoms with E-state index in [9.17, 15) is 9.59 Å². The first-order valence-corrected chi connectivity index (χ1v) is 13.0. The van der Waals surface area contributed by atoms with Crippen molar-refractivity contribution in [3.8, 4) is 34.1 Å². The van der Waals surface area contributed by atoms with Gasteiger partial charge in [-0.05, 0) is 65.4 Å². The lowest BCUT2D eigenvalue weighted by molar-refractivity contribution is 0.0935. The van der Waals surface area contributed by atoms with Crippen molar-refractivity contribution in [2.45, 2.75) is 23.3 Å². The number of hydrogen-bond donors (Lipinski definition) is 1. The average Bonchev–Trinajstić information content (AvgIpc) is 3.15. The molecule has 1 atom stereocenters. The molecule has 0 saturated carbocycles. The Morgan fingerprint density at radius 2 is 1.61 bits per heavy atom. The zero-order valence-corrected chi connectivity index (χ0v) is 22.8. The summed E-state index contributed by atoms with van der Waals surface area (Å²) >= 11 is 2.29. The minimum Gasteiger partial charge on any atom is -0.493 e. The van der Waals surface area contributed by atoms with E-state index in [0.29, 0.717) is 41.2 Å². The van der Waals surface area contributed by atoms with Crippen molar-refractivity contribution in [3.63, 3.8) is 0 Å². The van der Waals surface area contributed by atoms with Gasteiger partial charge in [0.2, 0.25) is 11.2 Å². The Balaban J connectivity index is 1.90. The molecule has 4 rings (SSSR count). The highest BCUT2D eigenvalue weighted by Crippen LogP contribution is 2.50. The average molecular weight is 601 g/mol. The van der Waals surface area contributed by atoms with Gasteiger partial charge in [0.25, 0.3) is 5.91 Å². The Kier molecular flexibility index (Phi) is 8.03. The second-order valence-electron chi connectivity index (χ2n) is 8.35. The van der Waals surface area contributed by atoms with Crippen LogP contribution in [0.2, 0.25) is 0 Å². The molecule has 0 heterocycles. The van der Waals surface area contributed by atoms with Crippen LogP contribution in [0.3, 0.4) is 0 Å². The lowest BCUT2D eigenvalue weighted by Gasteiger charge is -2.20. The lowest BCUT2D eigenvalue weighted by atomic mass is 9.95. The first kappa shape index (κ1) is 25.8. The summed E-state index contributed by atoms with van der Waals surface area (Å²) in [5.41, 5.74) is 4.64. The number of alkyl halides is 1. The standard InChI is InChI=1S/C28H28INO6/c1-33-23-12-10-19-20(14-22(23)31)21(30-28(32)17-7-5-16(15-29)6-8-17)11-9-18-13-24(34-2)26(35-3)27(36-4)25(18)19/h5-8,10,12-14,21H,9,11,15H2,1-4H3,(H,30,32)/t21-/m0/s1. The Hall–Kier alpha value is -3.27. The van der Waals surface area contributed by atoms with Crippen molar-refractivity contribution in [2.75, 3.05) is 28.4 Å². The fourth-order valence-corrected chi connectivity index (χ4v) is 5.11. The van der Waals surface area contributed by atoms with Crippen molar-refractivity contribution in [3.05, 3.63) is 81.0 Å². The maximum absolute atomic E-state index is 13.2. The molecule has 7 nitrogen and oxygen atoms in total. The number of benzene rings is 2. The summed E-state index contributed by atoms with van der Waals surface area (Å²) in [4.78, 5) is 26.2. The smallest absolute Gasteiger partial charge is 0.251 e. The highest BCUT2D eigenvalue weighted by molar-refractivity contribution is 14.1. The molecule has 0 radical (unpaired) electrons. The second-order valence-corrected chi connectivity index (χ2v) is 9.12. The largest absolute Gasteiger partial charge is 0.493 e. The molecule has 0 fully saturated rings. The van der Waals surface area contributed by atoms with E-state index in [2.05, 4.69) is 27.9 Å². The number of fused-ring (bicyclic) bond motifs is 3. The third kappa shape index (κ3) is 4.86. The maximum Gasteiger partial charge on any atom is 0.251 e. The first-order valence-electron chi connectivity index (χ1n) is 11.5. The van der Waals surface area contributed by atoms with Crippen molar-refractivity contribution in [1.82, 2.24) is 5.32 Å². The van der Waals surface area contributed by atoms with Crippen molar-refractivity contribution in [2.24, 2.45) is 0 Å². The Morgan fingerprint density at radius 1 is 0.917 bits per heavy atom. The molecule has 0 aromatic heterocycles. The van der Waals surface area contributed by atoms with Crippen molar-refractivity contribution >= 4 is 28.5 Å². The predicted molar refractivity (Wildman–Crippen MR) is 147 cm³/mol. The van der Waals surface area contributed by atoms with Gasteiger partial charge >= 0.3 is 0 Å². The zero-order valence-electron chi connectivity index (χ0n) is 20.6. The van der Waals surface area contributed by atoms with Crippen molar-refractivity contribution in [1.29, 1.82) is 0 Å². The SMILES string of the molecule is COc1cc2c(c(OC)c1OC)-c1ccc(OC)c(=O)cc1[C@@H](NC(=O)c1ccc(CI)cc1)CC2. The van der Waals surface area contributed by atoms with Crippen molar-refractivity contribution < 1.29 is 23.7 Å². The number of ether oxygens (including phenoxy) is 4. The summed E-state index contributed by atoms with van der Waals surface area (Å²) in [5.74, 6) is 1.53. The lowest BCUT2D eigenvalue weighted by Crippen LogP contribution is -2.29. The van der Waals surface area contributed by atoms with Gasteiger partial charge < -0.3 is 24.3 Å². The number of methoxy groups -OCH3 is 4. The summed E-state index contributed by atoms with van der Waals surface area (Å²) in [6.45, 7) is 0. The van der Waals surface area contributed by atoms with E-state index >= 15 is 0 Å². The number of rotatable bonds is 7. The van der Waals surface area contributed by atoms with Crippen LogP contribution in [0.4, 0.5) is 0 Å². The van der Waals surface area contributed by atoms with Crippen LogP contribution in [0.5, 0.6) is 23.0 Å². The van der Waals surface area contributed by atoms with Gasteiger partial charge in [0, 0.05) is 15.6 Å². The van der Waals surface area contributed by atoms with Gasteiger partial charge in [-0.2, -0.15) is 0 Å². The second kappa shape index (κ2) is 11.2. The molecule has 1 amide bonds. The van der Waals surface area contributed by atoms with E-state index in [-0.39, 0.29) is 17.1 Å². The van der Waals surface area contributed by atoms with Crippen LogP contribution in [0.25, 0.3) is 11.1 Å². The molecule has 0 aliphatic heterocycles. The van der Waals surface area contributed by atoms with Crippen LogP contribution >= 0.6 is 22.6 Å². The van der Waals surface area contributed by atoms with Crippen LogP contribution < -0.4 is 29.7 Å². The van der Waals surface area contributed by atoms with Crippen LogP contribution in [-0.4, -0.2) is 34.3 Å². The highest BCUT2D eigenvalue weighted by atomic mass is 127. The maximum atomic E-state index is 13.2. The van der Waals surface area contributed by atoms with E-state index in [1.807, 2.05) is 36.4 Å². The van der Waals surface area contributed by atoms with Gasteiger partial charge in [0.05, 0.1) is 34.5 Å². The van der Waals surface area contributed by atoms with Crippen LogP contribution in [0.15, 0.2) is 53.3 Å². The zero-order chi connectivity index (χ0) is 25.8. The molecule has 1 N–H and O–H groups in total. The summed E-state index contributed by atoms with van der Waals surface area (Å²) < 4.78 is 23.2. The Morgan fingerprint density at radius 3 is 2.22 bits per heavy atom. The van der Waals surface area contributed by atoms with Crippen LogP contribution in [-0.2, 0) is 10.8 Å². The fourth-order valence-electron chi connectivity index (χ4n) is 4.60. The predicted octanol–water partition coefficient (Wildman–Crippen LogP) is 5.10. The molecule has 0 bridgehead atoms. The van der Waals surface area contributed by atoms with E-state index in [4.69, 9.17) is 18.9 Å². The van der Waals surface area contributed by atoms with Gasteiger partial charge in [0.15, 0.2) is 17.2 Å². The highest BCUT2D eigenvalue weighted by Gasteiger charge is 2.30. The molecule has 3 aromatic carbocycles. The normalized spacial score (nSPS) is 14.1. The van der Waals surface area contributed by atoms with Crippen LogP contribution in [0.1, 0.15) is 39.5 Å². The number of carbonyl (C=O) groups is 1. The number of hydrogen-bond acceptors (Lipinski definition) is 6. The van der Waals surface area contributed by atoms with Gasteiger partial charge in [-0.15, -0.1) is 0 Å². The molecule has 0 spiro atoms. The van der Waals surface area contributed by atoms with Gasteiger partial charge in [-0.1, -0.05) is 40.8 Å². The molecule has 8 heteroatoms. The minimum absolute atomic E-state index is 0.204. The first-order chi connectivity index (χ1) is 17.4. The molecule has 0 saturated heterocycles. The van der Waals surface area contributed by atoms with Gasteiger partial charge in [-0.3, -0.25) is 9.59 Å². The third-order valence-electron chi connectivity index (χ3n) is 6.40.